The molecule has 0 atom stereocenters. The molecule has 1 aliphatic heterocycles. The summed E-state index contributed by atoms with van der Waals surface area (Å²) in [5.74, 6) is -0.612. The number of nitrogens with one attached hydrogen (secondary N) is 1. The van der Waals surface area contributed by atoms with Crippen LogP contribution >= 0.6 is 0 Å². The molecule has 92 valence electrons. The summed E-state index contributed by atoms with van der Waals surface area (Å²) in [5.41, 5.74) is 6.20. The second-order valence-electron chi connectivity index (χ2n) is 4.15. The molecule has 0 bridgehead atoms. The number of rotatable bonds is 2. The molecule has 1 amide bonds. The number of hydrogen-bond donors (Lipinski definition) is 2. The molecule has 3 N–H and O–H groups in total. The van der Waals surface area contributed by atoms with E-state index in [2.05, 4.69) is 5.32 Å². The number of carbonyl (C=O) groups excluding carboxylic acids is 1. The van der Waals surface area contributed by atoms with Gasteiger partial charge in [0.15, 0.2) is 0 Å². The van der Waals surface area contributed by atoms with E-state index in [0.29, 0.717) is 37.4 Å². The van der Waals surface area contributed by atoms with Crippen LogP contribution in [0.2, 0.25) is 0 Å². The molecule has 0 saturated carbocycles. The van der Waals surface area contributed by atoms with Gasteiger partial charge in [0.1, 0.15) is 5.82 Å². The summed E-state index contributed by atoms with van der Waals surface area (Å²) in [6.07, 6.45) is 1.41. The van der Waals surface area contributed by atoms with Crippen molar-refractivity contribution in [2.24, 2.45) is 5.92 Å². The van der Waals surface area contributed by atoms with Crippen LogP contribution in [-0.4, -0.2) is 19.1 Å². The highest BCUT2D eigenvalue weighted by molar-refractivity contribution is 5.93. The number of nitrogens with two attached hydrogens (primary N) is 1. The summed E-state index contributed by atoms with van der Waals surface area (Å²) in [7, 11) is 0. The van der Waals surface area contributed by atoms with Crippen LogP contribution in [0.25, 0.3) is 0 Å². The van der Waals surface area contributed by atoms with E-state index in [9.17, 15) is 9.18 Å². The van der Waals surface area contributed by atoms with E-state index >= 15 is 0 Å². The first-order valence-corrected chi connectivity index (χ1v) is 5.60. The molecule has 1 fully saturated rings. The van der Waals surface area contributed by atoms with Crippen molar-refractivity contribution in [3.8, 4) is 0 Å². The van der Waals surface area contributed by atoms with Gasteiger partial charge in [-0.3, -0.25) is 4.79 Å². The van der Waals surface area contributed by atoms with E-state index in [1.54, 1.807) is 6.07 Å². The van der Waals surface area contributed by atoms with Gasteiger partial charge < -0.3 is 15.8 Å². The van der Waals surface area contributed by atoms with Crippen molar-refractivity contribution >= 4 is 17.3 Å². The van der Waals surface area contributed by atoms with E-state index in [1.807, 2.05) is 0 Å². The molecule has 1 aromatic carbocycles. The topological polar surface area (TPSA) is 64.3 Å². The Morgan fingerprint density at radius 1 is 1.35 bits per heavy atom. The van der Waals surface area contributed by atoms with Gasteiger partial charge in [-0.1, -0.05) is 0 Å². The first-order valence-electron chi connectivity index (χ1n) is 5.60. The average Bonchev–Trinajstić information content (AvgIpc) is 2.28. The van der Waals surface area contributed by atoms with Gasteiger partial charge in [-0.2, -0.15) is 0 Å². The zero-order valence-electron chi connectivity index (χ0n) is 9.41. The standard InChI is InChI=1S/C12H15FN2O2/c13-9-5-10(14)7-11(6-9)15-12(16)8-1-3-17-4-2-8/h5-8H,1-4,14H2,(H,15,16). The van der Waals surface area contributed by atoms with Crippen LogP contribution in [0.15, 0.2) is 18.2 Å². The van der Waals surface area contributed by atoms with Crippen molar-refractivity contribution in [3.05, 3.63) is 24.0 Å². The quantitative estimate of drug-likeness (QED) is 0.772. The number of benzene rings is 1. The Hall–Kier alpha value is -1.62. The zero-order valence-corrected chi connectivity index (χ0v) is 9.41. The molecule has 1 aromatic rings. The first-order chi connectivity index (χ1) is 8.15. The number of anilines is 2. The van der Waals surface area contributed by atoms with Crippen molar-refractivity contribution in [3.63, 3.8) is 0 Å². The molecule has 5 heteroatoms. The Balaban J connectivity index is 2.01. The minimum atomic E-state index is -0.452. The van der Waals surface area contributed by atoms with Crippen LogP contribution in [-0.2, 0) is 9.53 Å². The smallest absolute Gasteiger partial charge is 0.227 e. The number of hydrogen-bond acceptors (Lipinski definition) is 3. The van der Waals surface area contributed by atoms with Gasteiger partial charge in [-0.25, -0.2) is 4.39 Å². The maximum Gasteiger partial charge on any atom is 0.227 e. The zero-order chi connectivity index (χ0) is 12.3. The van der Waals surface area contributed by atoms with E-state index < -0.39 is 5.82 Å². The molecule has 17 heavy (non-hydrogen) atoms. The Morgan fingerprint density at radius 2 is 2.06 bits per heavy atom. The summed E-state index contributed by atoms with van der Waals surface area (Å²) >= 11 is 0. The highest BCUT2D eigenvalue weighted by Crippen LogP contribution is 2.20. The highest BCUT2D eigenvalue weighted by atomic mass is 19.1. The predicted octanol–water partition coefficient (Wildman–Crippen LogP) is 1.77. The monoisotopic (exact) mass is 238 g/mol. The second-order valence-corrected chi connectivity index (χ2v) is 4.15. The molecule has 0 spiro atoms. The fraction of sp³-hybridized carbons (Fsp3) is 0.417. The molecule has 1 saturated heterocycles. The summed E-state index contributed by atoms with van der Waals surface area (Å²) in [4.78, 5) is 11.9. The van der Waals surface area contributed by atoms with Crippen molar-refractivity contribution in [1.82, 2.24) is 0 Å². The fourth-order valence-corrected chi connectivity index (χ4v) is 1.89. The Morgan fingerprint density at radius 3 is 2.71 bits per heavy atom. The van der Waals surface area contributed by atoms with E-state index in [1.165, 1.54) is 12.1 Å². The number of ether oxygens (including phenoxy) is 1. The summed E-state index contributed by atoms with van der Waals surface area (Å²) in [6, 6.07) is 4.01. The summed E-state index contributed by atoms with van der Waals surface area (Å²) < 4.78 is 18.2. The SMILES string of the molecule is Nc1cc(F)cc(NC(=O)C2CCOCC2)c1. The van der Waals surface area contributed by atoms with Gasteiger partial charge in [0, 0.05) is 30.5 Å². The number of nitrogen functional groups attached to an aromatic ring is 1. The molecule has 0 unspecified atom stereocenters. The Labute approximate surface area is 98.9 Å². The summed E-state index contributed by atoms with van der Waals surface area (Å²) in [6.45, 7) is 1.20. The predicted molar refractivity (Wildman–Crippen MR) is 63.0 cm³/mol. The van der Waals surface area contributed by atoms with Gasteiger partial charge in [0.05, 0.1) is 0 Å². The van der Waals surface area contributed by atoms with Crippen molar-refractivity contribution in [2.75, 3.05) is 24.3 Å². The minimum Gasteiger partial charge on any atom is -0.399 e. The lowest BCUT2D eigenvalue weighted by molar-refractivity contribution is -0.122. The molecule has 4 nitrogen and oxygen atoms in total. The fourth-order valence-electron chi connectivity index (χ4n) is 1.89. The Kier molecular flexibility index (Phi) is 3.58. The first kappa shape index (κ1) is 11.9. The van der Waals surface area contributed by atoms with Crippen LogP contribution in [0.1, 0.15) is 12.8 Å². The normalized spacial score (nSPS) is 16.8. The third-order valence-corrected chi connectivity index (χ3v) is 2.78. The lowest BCUT2D eigenvalue weighted by Gasteiger charge is -2.21. The van der Waals surface area contributed by atoms with Gasteiger partial charge in [0.25, 0.3) is 0 Å². The molecule has 0 aromatic heterocycles. The van der Waals surface area contributed by atoms with Crippen molar-refractivity contribution in [2.45, 2.75) is 12.8 Å². The Bertz CT molecular complexity index is 397. The average molecular weight is 238 g/mol. The molecular formula is C12H15FN2O2. The van der Waals surface area contributed by atoms with Crippen LogP contribution in [0.4, 0.5) is 15.8 Å². The van der Waals surface area contributed by atoms with Crippen molar-refractivity contribution in [1.29, 1.82) is 0 Å². The van der Waals surface area contributed by atoms with E-state index in [4.69, 9.17) is 10.5 Å². The third-order valence-electron chi connectivity index (χ3n) is 2.78. The summed E-state index contributed by atoms with van der Waals surface area (Å²) in [5, 5.41) is 2.68. The van der Waals surface area contributed by atoms with Crippen LogP contribution < -0.4 is 11.1 Å². The van der Waals surface area contributed by atoms with E-state index in [-0.39, 0.29) is 11.8 Å². The molecule has 0 radical (unpaired) electrons. The lowest BCUT2D eigenvalue weighted by atomic mass is 9.99. The maximum absolute atomic E-state index is 13.1. The maximum atomic E-state index is 13.1. The van der Waals surface area contributed by atoms with Crippen LogP contribution in [0.3, 0.4) is 0 Å². The molecule has 0 aliphatic carbocycles. The third kappa shape index (κ3) is 3.17. The molecule has 1 heterocycles. The number of halogens is 1. The van der Waals surface area contributed by atoms with Gasteiger partial charge in [-0.05, 0) is 31.0 Å². The highest BCUT2D eigenvalue weighted by Gasteiger charge is 2.21. The van der Waals surface area contributed by atoms with Crippen molar-refractivity contribution < 1.29 is 13.9 Å². The largest absolute Gasteiger partial charge is 0.399 e. The molecule has 1 aliphatic rings. The lowest BCUT2D eigenvalue weighted by Crippen LogP contribution is -2.28. The van der Waals surface area contributed by atoms with Gasteiger partial charge in [-0.15, -0.1) is 0 Å². The number of amides is 1. The van der Waals surface area contributed by atoms with E-state index in [0.717, 1.165) is 0 Å². The van der Waals surface area contributed by atoms with Crippen LogP contribution in [0, 0.1) is 11.7 Å². The van der Waals surface area contributed by atoms with Gasteiger partial charge in [0.2, 0.25) is 5.91 Å². The minimum absolute atomic E-state index is 0.0618. The number of carbonyl (C=O) groups is 1. The molecular weight excluding hydrogens is 223 g/mol. The van der Waals surface area contributed by atoms with Crippen LogP contribution in [0.5, 0.6) is 0 Å². The molecule has 2 rings (SSSR count). The second kappa shape index (κ2) is 5.14. The van der Waals surface area contributed by atoms with Gasteiger partial charge >= 0.3 is 0 Å².